The Kier molecular flexibility index (Phi) is 5.12. The predicted octanol–water partition coefficient (Wildman–Crippen LogP) is 4.83. The number of carboxylic acid groups (broad SMARTS) is 1. The van der Waals surface area contributed by atoms with Gasteiger partial charge in [-0.05, 0) is 79.7 Å². The lowest BCUT2D eigenvalue weighted by Crippen LogP contribution is -2.04. The van der Waals surface area contributed by atoms with Gasteiger partial charge in [-0.25, -0.2) is 4.79 Å². The van der Waals surface area contributed by atoms with Crippen LogP contribution in [-0.2, 0) is 25.7 Å². The fourth-order valence-electron chi connectivity index (χ4n) is 3.37. The van der Waals surface area contributed by atoms with Crippen LogP contribution in [-0.4, -0.2) is 11.1 Å². The maximum Gasteiger partial charge on any atom is 0.335 e. The average Bonchev–Trinajstić information content (AvgIpc) is 2.56. The molecule has 4 aliphatic rings. The van der Waals surface area contributed by atoms with E-state index in [1.165, 1.54) is 11.1 Å². The molecule has 0 saturated carbocycles. The SMILES string of the molecule is O=C(O)c1cc2ccc1CCCCc1ccc(cc1)CCCC2. The van der Waals surface area contributed by atoms with Gasteiger partial charge >= 0.3 is 5.97 Å². The van der Waals surface area contributed by atoms with Crippen molar-refractivity contribution in [2.75, 3.05) is 0 Å². The number of carboxylic acids is 1. The van der Waals surface area contributed by atoms with E-state index in [0.717, 1.165) is 62.5 Å². The molecule has 0 spiro atoms. The van der Waals surface area contributed by atoms with E-state index >= 15 is 0 Å². The Morgan fingerprint density at radius 2 is 1.17 bits per heavy atom. The summed E-state index contributed by atoms with van der Waals surface area (Å²) in [5, 5.41) is 9.47. The van der Waals surface area contributed by atoms with Crippen molar-refractivity contribution in [3.05, 3.63) is 70.3 Å². The molecule has 0 amide bonds. The maximum atomic E-state index is 11.5. The first-order valence-corrected chi connectivity index (χ1v) is 8.65. The van der Waals surface area contributed by atoms with Crippen LogP contribution in [0.3, 0.4) is 0 Å². The van der Waals surface area contributed by atoms with Gasteiger partial charge in [0.2, 0.25) is 0 Å². The molecule has 2 aromatic rings. The van der Waals surface area contributed by atoms with Crippen LogP contribution in [0.5, 0.6) is 0 Å². The number of aromatic carboxylic acids is 1. The van der Waals surface area contributed by atoms with Crippen molar-refractivity contribution in [1.82, 2.24) is 0 Å². The summed E-state index contributed by atoms with van der Waals surface area (Å²) >= 11 is 0. The minimum atomic E-state index is -0.794. The van der Waals surface area contributed by atoms with E-state index in [4.69, 9.17) is 0 Å². The minimum absolute atomic E-state index is 0.498. The summed E-state index contributed by atoms with van der Waals surface area (Å²) in [5.74, 6) is -0.794. The number of hydrogen-bond acceptors (Lipinski definition) is 1. The largest absolute Gasteiger partial charge is 0.478 e. The Labute approximate surface area is 138 Å². The number of benzene rings is 2. The lowest BCUT2D eigenvalue weighted by Gasteiger charge is -2.11. The van der Waals surface area contributed by atoms with E-state index in [-0.39, 0.29) is 0 Å². The Morgan fingerprint density at radius 1 is 0.696 bits per heavy atom. The third kappa shape index (κ3) is 4.22. The Balaban J connectivity index is 1.80. The third-order valence-corrected chi connectivity index (χ3v) is 4.77. The lowest BCUT2D eigenvalue weighted by atomic mass is 9.95. The van der Waals surface area contributed by atoms with E-state index in [0.29, 0.717) is 5.56 Å². The second kappa shape index (κ2) is 7.45. The lowest BCUT2D eigenvalue weighted by molar-refractivity contribution is 0.0695. The van der Waals surface area contributed by atoms with Crippen molar-refractivity contribution in [3.8, 4) is 0 Å². The summed E-state index contributed by atoms with van der Waals surface area (Å²) in [7, 11) is 0. The summed E-state index contributed by atoms with van der Waals surface area (Å²) in [5.41, 5.74) is 5.41. The molecule has 6 rings (SSSR count). The van der Waals surface area contributed by atoms with Gasteiger partial charge in [-0.2, -0.15) is 0 Å². The molecule has 0 unspecified atom stereocenters. The fourth-order valence-corrected chi connectivity index (χ4v) is 3.37. The van der Waals surface area contributed by atoms with Gasteiger partial charge in [0.05, 0.1) is 5.56 Å². The number of aryl methyl sites for hydroxylation is 4. The van der Waals surface area contributed by atoms with Gasteiger partial charge in [0.25, 0.3) is 0 Å². The second-order valence-corrected chi connectivity index (χ2v) is 6.53. The minimum Gasteiger partial charge on any atom is -0.478 e. The molecule has 0 saturated heterocycles. The topological polar surface area (TPSA) is 37.3 Å². The monoisotopic (exact) mass is 308 g/mol. The van der Waals surface area contributed by atoms with E-state index in [9.17, 15) is 9.90 Å². The van der Waals surface area contributed by atoms with Crippen molar-refractivity contribution in [2.24, 2.45) is 0 Å². The van der Waals surface area contributed by atoms with Gasteiger partial charge in [0, 0.05) is 0 Å². The van der Waals surface area contributed by atoms with Crippen molar-refractivity contribution >= 4 is 5.97 Å². The van der Waals surface area contributed by atoms with Crippen LogP contribution in [0.2, 0.25) is 0 Å². The highest BCUT2D eigenvalue weighted by Crippen LogP contribution is 2.19. The molecular weight excluding hydrogens is 284 g/mol. The van der Waals surface area contributed by atoms with Crippen LogP contribution in [0.4, 0.5) is 0 Å². The first-order chi connectivity index (χ1) is 11.2. The molecule has 2 nitrogen and oxygen atoms in total. The van der Waals surface area contributed by atoms with Crippen LogP contribution in [0.25, 0.3) is 0 Å². The fraction of sp³-hybridized carbons (Fsp3) is 0.381. The van der Waals surface area contributed by atoms with Crippen LogP contribution < -0.4 is 0 Å². The summed E-state index contributed by atoms with van der Waals surface area (Å²) in [4.78, 5) is 11.5. The van der Waals surface area contributed by atoms with Gasteiger partial charge in [-0.15, -0.1) is 0 Å². The van der Waals surface area contributed by atoms with Crippen molar-refractivity contribution in [2.45, 2.75) is 51.4 Å². The smallest absolute Gasteiger partial charge is 0.335 e. The highest BCUT2D eigenvalue weighted by molar-refractivity contribution is 5.89. The molecule has 2 aromatic carbocycles. The Hall–Kier alpha value is -2.09. The van der Waals surface area contributed by atoms with Gasteiger partial charge < -0.3 is 5.11 Å². The van der Waals surface area contributed by atoms with Crippen LogP contribution in [0.1, 0.15) is 58.3 Å². The highest BCUT2D eigenvalue weighted by atomic mass is 16.4. The molecular formula is C21H24O2. The highest BCUT2D eigenvalue weighted by Gasteiger charge is 2.11. The zero-order valence-electron chi connectivity index (χ0n) is 13.6. The zero-order chi connectivity index (χ0) is 16.1. The number of carbonyl (C=O) groups is 1. The van der Waals surface area contributed by atoms with Crippen molar-refractivity contribution < 1.29 is 9.90 Å². The first kappa shape index (κ1) is 15.8. The quantitative estimate of drug-likeness (QED) is 0.819. The molecule has 0 heterocycles. The molecule has 120 valence electrons. The zero-order valence-corrected chi connectivity index (χ0v) is 13.6. The van der Waals surface area contributed by atoms with Gasteiger partial charge in [-0.3, -0.25) is 0 Å². The Morgan fingerprint density at radius 3 is 1.74 bits per heavy atom. The van der Waals surface area contributed by atoms with E-state index in [2.05, 4.69) is 30.3 Å². The number of rotatable bonds is 1. The van der Waals surface area contributed by atoms with E-state index in [1.807, 2.05) is 12.1 Å². The van der Waals surface area contributed by atoms with Crippen molar-refractivity contribution in [1.29, 1.82) is 0 Å². The molecule has 1 N–H and O–H groups in total. The van der Waals surface area contributed by atoms with E-state index in [1.54, 1.807) is 0 Å². The maximum absolute atomic E-state index is 11.5. The third-order valence-electron chi connectivity index (χ3n) is 4.77. The molecule has 4 aliphatic carbocycles. The predicted molar refractivity (Wildman–Crippen MR) is 93.1 cm³/mol. The molecule has 23 heavy (non-hydrogen) atoms. The van der Waals surface area contributed by atoms with E-state index < -0.39 is 5.97 Å². The first-order valence-electron chi connectivity index (χ1n) is 8.65. The normalized spacial score (nSPS) is 15.7. The summed E-state index contributed by atoms with van der Waals surface area (Å²) < 4.78 is 0. The summed E-state index contributed by atoms with van der Waals surface area (Å²) in [6, 6.07) is 15.0. The second-order valence-electron chi connectivity index (χ2n) is 6.53. The van der Waals surface area contributed by atoms with Crippen LogP contribution >= 0.6 is 0 Å². The van der Waals surface area contributed by atoms with Gasteiger partial charge in [-0.1, -0.05) is 36.4 Å². The molecule has 2 heteroatoms. The van der Waals surface area contributed by atoms with Crippen LogP contribution in [0.15, 0.2) is 42.5 Å². The average molecular weight is 308 g/mol. The molecule has 4 bridgehead atoms. The standard InChI is InChI=1S/C21H24O2/c22-21(23)20-15-18-7-2-1-5-16-9-11-17(12-10-16)6-3-4-8-19(20)14-13-18/h9-15H,1-8H2,(H,22,23). The summed E-state index contributed by atoms with van der Waals surface area (Å²) in [6.07, 6.45) is 8.34. The van der Waals surface area contributed by atoms with Crippen molar-refractivity contribution in [3.63, 3.8) is 0 Å². The molecule has 0 aliphatic heterocycles. The Bertz CT molecular complexity index is 671. The molecule has 0 radical (unpaired) electrons. The van der Waals surface area contributed by atoms with Gasteiger partial charge in [0.15, 0.2) is 0 Å². The summed E-state index contributed by atoms with van der Waals surface area (Å²) in [6.45, 7) is 0. The van der Waals surface area contributed by atoms with Gasteiger partial charge in [0.1, 0.15) is 0 Å². The number of hydrogen-bond donors (Lipinski definition) is 1. The molecule has 0 atom stereocenters. The van der Waals surface area contributed by atoms with Crippen LogP contribution in [0, 0.1) is 0 Å². The molecule has 0 aromatic heterocycles. The molecule has 0 fully saturated rings.